The Morgan fingerprint density at radius 3 is 1.67 bits per heavy atom. The van der Waals surface area contributed by atoms with E-state index in [1.807, 2.05) is 0 Å². The Balaban J connectivity index is 1.57. The summed E-state index contributed by atoms with van der Waals surface area (Å²) in [6, 6.07) is 45.5. The fourth-order valence-corrected chi connectivity index (χ4v) is 13.5. The average molecular weight is 761 g/mol. The first-order valence-corrected chi connectivity index (χ1v) is 20.2. The molecule has 0 heterocycles. The van der Waals surface area contributed by atoms with Crippen molar-refractivity contribution in [2.24, 2.45) is 0 Å². The molecule has 5 aromatic rings. The van der Waals surface area contributed by atoms with Crippen LogP contribution in [0.3, 0.4) is 0 Å². The molecular formula is C40H41Br2O3P. The van der Waals surface area contributed by atoms with E-state index < -0.39 is 7.26 Å². The number of hydrogen-bond acceptors (Lipinski definition) is 3. The number of ether oxygens (including phenoxy) is 3. The zero-order valence-electron chi connectivity index (χ0n) is 26.3. The maximum atomic E-state index is 6.23. The predicted molar refractivity (Wildman–Crippen MR) is 203 cm³/mol. The summed E-state index contributed by atoms with van der Waals surface area (Å²) < 4.78 is 17.0. The molecule has 0 amide bonds. The number of fused-ring (bicyclic) bond motifs is 3. The Kier molecular flexibility index (Phi) is 11.6. The van der Waals surface area contributed by atoms with Gasteiger partial charge in [-0.05, 0) is 0 Å². The fourth-order valence-electron chi connectivity index (χ4n) is 7.16. The summed E-state index contributed by atoms with van der Waals surface area (Å²) in [5.74, 6) is 0.204. The molecule has 0 spiro atoms. The van der Waals surface area contributed by atoms with Crippen molar-refractivity contribution in [3.63, 3.8) is 0 Å². The third-order valence-corrected chi connectivity index (χ3v) is 15.3. The van der Waals surface area contributed by atoms with Crippen LogP contribution in [-0.4, -0.2) is 40.1 Å². The van der Waals surface area contributed by atoms with Crippen molar-refractivity contribution in [1.29, 1.82) is 0 Å². The van der Waals surface area contributed by atoms with Crippen molar-refractivity contribution in [3.05, 3.63) is 144 Å². The molecule has 0 saturated carbocycles. The SMILES string of the molecule is COCCOCCOCCC1c2cc(CBr)ccc2-c2ccc(CBr)c([PH](c3ccccc3)(c3ccccc3)c3ccccc3)c21. The number of methoxy groups -OCH3 is 1. The molecule has 0 N–H and O–H groups in total. The van der Waals surface area contributed by atoms with Gasteiger partial charge in [0.1, 0.15) is 0 Å². The van der Waals surface area contributed by atoms with Gasteiger partial charge in [-0.15, -0.1) is 0 Å². The summed E-state index contributed by atoms with van der Waals surface area (Å²) in [6.45, 7) is 2.98. The number of hydrogen-bond donors (Lipinski definition) is 0. The van der Waals surface area contributed by atoms with Gasteiger partial charge in [0.05, 0.1) is 0 Å². The summed E-state index contributed by atoms with van der Waals surface area (Å²) in [4.78, 5) is 0. The van der Waals surface area contributed by atoms with Crippen molar-refractivity contribution >= 4 is 60.3 Å². The second-order valence-corrected chi connectivity index (χ2v) is 16.5. The molecule has 1 unspecified atom stereocenters. The maximum absolute atomic E-state index is 6.23. The molecule has 0 radical (unpaired) electrons. The van der Waals surface area contributed by atoms with E-state index in [2.05, 4.69) is 153 Å². The van der Waals surface area contributed by atoms with E-state index in [1.54, 1.807) is 7.11 Å². The summed E-state index contributed by atoms with van der Waals surface area (Å²) in [5.41, 5.74) is 8.20. The minimum absolute atomic E-state index is 0.204. The van der Waals surface area contributed by atoms with Gasteiger partial charge in [0.25, 0.3) is 0 Å². The van der Waals surface area contributed by atoms with E-state index in [-0.39, 0.29) is 5.92 Å². The van der Waals surface area contributed by atoms with Crippen molar-refractivity contribution in [1.82, 2.24) is 0 Å². The Morgan fingerprint density at radius 1 is 0.587 bits per heavy atom. The zero-order chi connectivity index (χ0) is 31.8. The van der Waals surface area contributed by atoms with Gasteiger partial charge in [-0.1, -0.05) is 0 Å². The van der Waals surface area contributed by atoms with E-state index >= 15 is 0 Å². The van der Waals surface area contributed by atoms with Gasteiger partial charge in [-0.3, -0.25) is 0 Å². The second-order valence-electron chi connectivity index (χ2n) is 11.7. The van der Waals surface area contributed by atoms with Crippen molar-refractivity contribution < 1.29 is 14.2 Å². The quantitative estimate of drug-likeness (QED) is 0.0616. The van der Waals surface area contributed by atoms with Crippen molar-refractivity contribution in [2.75, 3.05) is 40.1 Å². The topological polar surface area (TPSA) is 27.7 Å². The summed E-state index contributed by atoms with van der Waals surface area (Å²) in [7, 11) is -1.12. The van der Waals surface area contributed by atoms with Gasteiger partial charge in [-0.25, -0.2) is 0 Å². The van der Waals surface area contributed by atoms with Crippen LogP contribution in [-0.2, 0) is 24.9 Å². The second kappa shape index (κ2) is 16.0. The standard InChI is InChI=1S/C40H41Br2O3P/c1-43-23-24-45-26-25-44-22-21-37-38-27-30(28-41)17-19-35(38)36-20-18-31(29-42)40(39(36)37)46(32-11-5-2-6-12-32,33-13-7-3-8-14-33)34-15-9-4-10-16-34/h2-20,27,37,46H,21-26,28-29H2,1H3. The Bertz CT molecular complexity index is 1620. The first-order valence-electron chi connectivity index (χ1n) is 16.0. The minimum atomic E-state index is -2.81. The predicted octanol–water partition coefficient (Wildman–Crippen LogP) is 8.01. The summed E-state index contributed by atoms with van der Waals surface area (Å²) >= 11 is 7.71. The van der Waals surface area contributed by atoms with Gasteiger partial charge in [0.2, 0.25) is 0 Å². The Labute approximate surface area is 290 Å². The van der Waals surface area contributed by atoms with Gasteiger partial charge >= 0.3 is 285 Å². The molecular weight excluding hydrogens is 719 g/mol. The molecule has 6 rings (SSSR count). The molecule has 6 heteroatoms. The van der Waals surface area contributed by atoms with E-state index in [0.29, 0.717) is 33.0 Å². The Hall–Kier alpha value is -2.63. The zero-order valence-corrected chi connectivity index (χ0v) is 30.4. The molecule has 0 saturated heterocycles. The van der Waals surface area contributed by atoms with Gasteiger partial charge < -0.3 is 0 Å². The van der Waals surface area contributed by atoms with E-state index in [9.17, 15) is 0 Å². The molecule has 1 aliphatic carbocycles. The van der Waals surface area contributed by atoms with Gasteiger partial charge in [-0.2, -0.15) is 0 Å². The molecule has 0 aliphatic heterocycles. The molecule has 0 aromatic heterocycles. The normalized spacial score (nSPS) is 14.2. The van der Waals surface area contributed by atoms with Crippen LogP contribution in [0.2, 0.25) is 0 Å². The van der Waals surface area contributed by atoms with Gasteiger partial charge in [0.15, 0.2) is 0 Å². The van der Waals surface area contributed by atoms with E-state index in [0.717, 1.165) is 17.1 Å². The number of alkyl halides is 2. The van der Waals surface area contributed by atoms with Crippen LogP contribution in [0.15, 0.2) is 121 Å². The third-order valence-electron chi connectivity index (χ3n) is 9.11. The van der Waals surface area contributed by atoms with Crippen LogP contribution < -0.4 is 21.2 Å². The van der Waals surface area contributed by atoms with Crippen LogP contribution in [0.1, 0.15) is 34.6 Å². The van der Waals surface area contributed by atoms with Crippen LogP contribution in [0.5, 0.6) is 0 Å². The monoisotopic (exact) mass is 758 g/mol. The molecule has 1 atom stereocenters. The summed E-state index contributed by atoms with van der Waals surface area (Å²) in [5, 5.41) is 7.28. The van der Waals surface area contributed by atoms with E-state index in [4.69, 9.17) is 14.2 Å². The van der Waals surface area contributed by atoms with E-state index in [1.165, 1.54) is 54.6 Å². The first-order chi connectivity index (χ1) is 22.7. The van der Waals surface area contributed by atoms with Crippen LogP contribution in [0.25, 0.3) is 11.1 Å². The molecule has 0 fully saturated rings. The average Bonchev–Trinajstić information content (AvgIpc) is 3.43. The Morgan fingerprint density at radius 2 is 1.13 bits per heavy atom. The summed E-state index contributed by atoms with van der Waals surface area (Å²) in [6.07, 6.45) is 0.894. The molecule has 1 aliphatic rings. The molecule has 5 aromatic carbocycles. The molecule has 238 valence electrons. The number of benzene rings is 5. The first kappa shape index (κ1) is 33.3. The van der Waals surface area contributed by atoms with Crippen LogP contribution in [0, 0.1) is 0 Å². The van der Waals surface area contributed by atoms with Gasteiger partial charge in [0, 0.05) is 7.11 Å². The molecule has 0 bridgehead atoms. The third kappa shape index (κ3) is 6.56. The van der Waals surface area contributed by atoms with Crippen LogP contribution >= 0.6 is 39.1 Å². The number of rotatable bonds is 15. The van der Waals surface area contributed by atoms with Crippen molar-refractivity contribution in [2.45, 2.75) is 23.0 Å². The molecule has 46 heavy (non-hydrogen) atoms. The van der Waals surface area contributed by atoms with Crippen LogP contribution in [0.4, 0.5) is 0 Å². The fraction of sp³-hybridized carbons (Fsp3) is 0.250. The number of halogens is 2. The van der Waals surface area contributed by atoms with Crippen molar-refractivity contribution in [3.8, 4) is 11.1 Å². The molecule has 3 nitrogen and oxygen atoms in total.